The summed E-state index contributed by atoms with van der Waals surface area (Å²) in [7, 11) is -1.65. The molecule has 1 atom stereocenters. The van der Waals surface area contributed by atoms with E-state index in [1.54, 1.807) is 15.7 Å². The largest absolute Gasteiger partial charge is 0.495 e. The first-order valence-electron chi connectivity index (χ1n) is 8.15. The summed E-state index contributed by atoms with van der Waals surface area (Å²) in [6.45, 7) is 5.81. The molecule has 6 nitrogen and oxygen atoms in total. The Balaban J connectivity index is 1.66. The van der Waals surface area contributed by atoms with E-state index in [-0.39, 0.29) is 0 Å². The topological polar surface area (TPSA) is 53.1 Å². The number of piperazine rings is 1. The van der Waals surface area contributed by atoms with E-state index in [4.69, 9.17) is 4.74 Å². The van der Waals surface area contributed by atoms with Crippen LogP contribution < -0.4 is 9.64 Å². The molecule has 2 aliphatic rings. The second-order valence-electron chi connectivity index (χ2n) is 6.32. The van der Waals surface area contributed by atoms with Crippen LogP contribution in [-0.4, -0.2) is 63.4 Å². The molecule has 1 aromatic rings. The summed E-state index contributed by atoms with van der Waals surface area (Å²) in [5, 5.41) is 0. The molecule has 2 saturated heterocycles. The zero-order chi connectivity index (χ0) is 16.4. The Bertz CT molecular complexity index is 642. The van der Waals surface area contributed by atoms with Gasteiger partial charge in [0.25, 0.3) is 10.2 Å². The van der Waals surface area contributed by atoms with Gasteiger partial charge in [-0.15, -0.1) is 0 Å². The van der Waals surface area contributed by atoms with E-state index in [0.29, 0.717) is 45.2 Å². The van der Waals surface area contributed by atoms with Crippen LogP contribution in [0.1, 0.15) is 13.3 Å². The second-order valence-corrected chi connectivity index (χ2v) is 8.25. The van der Waals surface area contributed by atoms with Gasteiger partial charge in [-0.3, -0.25) is 0 Å². The standard InChI is InChI=1S/C16H25N3O3S/c1-14-7-8-19(13-14)23(20,21)18-11-9-17(10-12-18)15-5-3-4-6-16(15)22-2/h3-6,14H,7-13H2,1-2H3. The minimum Gasteiger partial charge on any atom is -0.495 e. The molecule has 0 radical (unpaired) electrons. The summed E-state index contributed by atoms with van der Waals surface area (Å²) >= 11 is 0. The Morgan fingerprint density at radius 3 is 2.35 bits per heavy atom. The molecule has 2 heterocycles. The number of methoxy groups -OCH3 is 1. The number of benzene rings is 1. The molecule has 0 saturated carbocycles. The normalized spacial score (nSPS) is 24.1. The monoisotopic (exact) mass is 339 g/mol. The molecular weight excluding hydrogens is 314 g/mol. The first kappa shape index (κ1) is 16.5. The van der Waals surface area contributed by atoms with Crippen molar-refractivity contribution in [3.05, 3.63) is 24.3 Å². The number of anilines is 1. The van der Waals surface area contributed by atoms with Crippen molar-refractivity contribution in [1.29, 1.82) is 0 Å². The summed E-state index contributed by atoms with van der Waals surface area (Å²) in [6.07, 6.45) is 0.959. The van der Waals surface area contributed by atoms with Gasteiger partial charge in [0.15, 0.2) is 0 Å². The maximum atomic E-state index is 12.7. The van der Waals surface area contributed by atoms with Gasteiger partial charge in [0.1, 0.15) is 5.75 Å². The van der Waals surface area contributed by atoms with Gasteiger partial charge in [0.05, 0.1) is 12.8 Å². The van der Waals surface area contributed by atoms with Gasteiger partial charge in [-0.05, 0) is 24.5 Å². The van der Waals surface area contributed by atoms with Crippen LogP contribution in [0.3, 0.4) is 0 Å². The molecule has 0 N–H and O–H groups in total. The predicted molar refractivity (Wildman–Crippen MR) is 91.1 cm³/mol. The minimum absolute atomic E-state index is 0.458. The first-order valence-corrected chi connectivity index (χ1v) is 9.55. The van der Waals surface area contributed by atoms with E-state index in [2.05, 4.69) is 11.8 Å². The third-order valence-corrected chi connectivity index (χ3v) is 6.71. The third kappa shape index (κ3) is 3.32. The molecule has 2 aliphatic heterocycles. The number of para-hydroxylation sites is 2. The molecule has 0 bridgehead atoms. The summed E-state index contributed by atoms with van der Waals surface area (Å²) in [4.78, 5) is 2.19. The Labute approximate surface area is 138 Å². The molecule has 23 heavy (non-hydrogen) atoms. The molecule has 1 unspecified atom stereocenters. The van der Waals surface area contributed by atoms with Crippen molar-refractivity contribution in [2.75, 3.05) is 51.3 Å². The summed E-state index contributed by atoms with van der Waals surface area (Å²) in [6, 6.07) is 7.87. The molecule has 0 spiro atoms. The fourth-order valence-electron chi connectivity index (χ4n) is 3.32. The Morgan fingerprint density at radius 2 is 1.74 bits per heavy atom. The van der Waals surface area contributed by atoms with Gasteiger partial charge in [0.2, 0.25) is 0 Å². The SMILES string of the molecule is COc1ccccc1N1CCN(S(=O)(=O)N2CCC(C)C2)CC1. The van der Waals surface area contributed by atoms with Gasteiger partial charge in [0, 0.05) is 39.3 Å². The van der Waals surface area contributed by atoms with Crippen LogP contribution >= 0.6 is 0 Å². The molecular formula is C16H25N3O3S. The molecule has 0 aliphatic carbocycles. The van der Waals surface area contributed by atoms with Crippen LogP contribution in [0.4, 0.5) is 5.69 Å². The van der Waals surface area contributed by atoms with Crippen molar-refractivity contribution in [2.24, 2.45) is 5.92 Å². The highest BCUT2D eigenvalue weighted by Gasteiger charge is 2.35. The zero-order valence-corrected chi connectivity index (χ0v) is 14.6. The van der Waals surface area contributed by atoms with Gasteiger partial charge in [-0.1, -0.05) is 19.1 Å². The van der Waals surface area contributed by atoms with Crippen LogP contribution in [0, 0.1) is 5.92 Å². The van der Waals surface area contributed by atoms with Crippen molar-refractivity contribution in [2.45, 2.75) is 13.3 Å². The number of nitrogens with zero attached hydrogens (tertiary/aromatic N) is 3. The number of hydrogen-bond acceptors (Lipinski definition) is 4. The molecule has 1 aromatic carbocycles. The smallest absolute Gasteiger partial charge is 0.282 e. The van der Waals surface area contributed by atoms with E-state index in [1.165, 1.54) is 0 Å². The van der Waals surface area contributed by atoms with E-state index < -0.39 is 10.2 Å². The second kappa shape index (κ2) is 6.67. The van der Waals surface area contributed by atoms with Gasteiger partial charge >= 0.3 is 0 Å². The average molecular weight is 339 g/mol. The van der Waals surface area contributed by atoms with Crippen LogP contribution in [0.25, 0.3) is 0 Å². The van der Waals surface area contributed by atoms with Crippen molar-refractivity contribution >= 4 is 15.9 Å². The van der Waals surface area contributed by atoms with Gasteiger partial charge < -0.3 is 9.64 Å². The van der Waals surface area contributed by atoms with E-state index >= 15 is 0 Å². The lowest BCUT2D eigenvalue weighted by Crippen LogP contribution is -2.52. The highest BCUT2D eigenvalue weighted by atomic mass is 32.2. The molecule has 7 heteroatoms. The van der Waals surface area contributed by atoms with Gasteiger partial charge in [-0.25, -0.2) is 0 Å². The summed E-state index contributed by atoms with van der Waals surface area (Å²) in [5.74, 6) is 1.29. The Hall–Kier alpha value is -1.31. The fraction of sp³-hybridized carbons (Fsp3) is 0.625. The Kier molecular flexibility index (Phi) is 4.79. The van der Waals surface area contributed by atoms with Crippen LogP contribution in [0.2, 0.25) is 0 Å². The van der Waals surface area contributed by atoms with Crippen LogP contribution in [0.5, 0.6) is 5.75 Å². The lowest BCUT2D eigenvalue weighted by atomic mass is 10.2. The molecule has 2 fully saturated rings. The Morgan fingerprint density at radius 1 is 1.04 bits per heavy atom. The average Bonchev–Trinajstić information content (AvgIpc) is 3.02. The van der Waals surface area contributed by atoms with Crippen LogP contribution in [0.15, 0.2) is 24.3 Å². The van der Waals surface area contributed by atoms with E-state index in [0.717, 1.165) is 17.9 Å². The van der Waals surface area contributed by atoms with Crippen molar-refractivity contribution in [1.82, 2.24) is 8.61 Å². The summed E-state index contributed by atoms with van der Waals surface area (Å²) < 4.78 is 34.1. The lowest BCUT2D eigenvalue weighted by molar-refractivity contribution is 0.339. The number of hydrogen-bond donors (Lipinski definition) is 0. The molecule has 0 amide bonds. The predicted octanol–water partition coefficient (Wildman–Crippen LogP) is 1.40. The number of ether oxygens (including phenoxy) is 1. The van der Waals surface area contributed by atoms with Gasteiger partial charge in [-0.2, -0.15) is 17.0 Å². The highest BCUT2D eigenvalue weighted by Crippen LogP contribution is 2.29. The number of rotatable bonds is 4. The van der Waals surface area contributed by atoms with Crippen molar-refractivity contribution in [3.8, 4) is 5.75 Å². The highest BCUT2D eigenvalue weighted by molar-refractivity contribution is 7.86. The molecule has 128 valence electrons. The maximum absolute atomic E-state index is 12.7. The molecule has 3 rings (SSSR count). The van der Waals surface area contributed by atoms with E-state index in [9.17, 15) is 8.42 Å². The van der Waals surface area contributed by atoms with Crippen molar-refractivity contribution < 1.29 is 13.2 Å². The zero-order valence-electron chi connectivity index (χ0n) is 13.8. The first-order chi connectivity index (χ1) is 11.0. The quantitative estimate of drug-likeness (QED) is 0.832. The lowest BCUT2D eigenvalue weighted by Gasteiger charge is -2.37. The van der Waals surface area contributed by atoms with Crippen molar-refractivity contribution in [3.63, 3.8) is 0 Å². The molecule has 0 aromatic heterocycles. The van der Waals surface area contributed by atoms with E-state index in [1.807, 2.05) is 24.3 Å². The minimum atomic E-state index is -3.31. The fourth-order valence-corrected chi connectivity index (χ4v) is 5.05. The van der Waals surface area contributed by atoms with Crippen LogP contribution in [-0.2, 0) is 10.2 Å². The maximum Gasteiger partial charge on any atom is 0.282 e. The third-order valence-electron chi connectivity index (χ3n) is 4.70. The summed E-state index contributed by atoms with van der Waals surface area (Å²) in [5.41, 5.74) is 1.03.